The fourth-order valence-electron chi connectivity index (χ4n) is 8.48. The zero-order chi connectivity index (χ0) is 32.5. The summed E-state index contributed by atoms with van der Waals surface area (Å²) in [7, 11) is 3.12. The smallest absolute Gasteiger partial charge is 0.306 e. The lowest BCUT2D eigenvalue weighted by Gasteiger charge is -2.37. The second-order valence-electron chi connectivity index (χ2n) is 13.9. The molecule has 1 saturated heterocycles. The predicted octanol–water partition coefficient (Wildman–Crippen LogP) is 6.74. The van der Waals surface area contributed by atoms with E-state index in [2.05, 4.69) is 44.2 Å². The first kappa shape index (κ1) is 33.5. The number of ether oxygens (including phenoxy) is 4. The third kappa shape index (κ3) is 6.63. The van der Waals surface area contributed by atoms with Gasteiger partial charge in [0, 0.05) is 48.3 Å². The van der Waals surface area contributed by atoms with Crippen LogP contribution in [0.15, 0.2) is 35.9 Å². The van der Waals surface area contributed by atoms with E-state index in [9.17, 15) is 14.7 Å². The molecular formula is C37H49NO7S. The second-order valence-corrected chi connectivity index (χ2v) is 14.9. The normalized spacial score (nSPS) is 32.6. The number of cyclic esters (lactones) is 1. The Kier molecular flexibility index (Phi) is 10.4. The minimum absolute atomic E-state index is 0.0453. The number of carbonyl (C=O) groups is 2. The quantitative estimate of drug-likeness (QED) is 0.247. The molecule has 250 valence electrons. The number of hydrogen-bond acceptors (Lipinski definition) is 9. The molecular weight excluding hydrogens is 602 g/mol. The summed E-state index contributed by atoms with van der Waals surface area (Å²) in [5.41, 5.74) is 4.06. The maximum absolute atomic E-state index is 14.1. The zero-order valence-electron chi connectivity index (χ0n) is 27.8. The van der Waals surface area contributed by atoms with Crippen molar-refractivity contribution in [3.63, 3.8) is 0 Å². The third-order valence-electron chi connectivity index (χ3n) is 10.9. The number of thiazole rings is 1. The number of methoxy groups -OCH3 is 2. The Morgan fingerprint density at radius 1 is 1.13 bits per heavy atom. The van der Waals surface area contributed by atoms with E-state index >= 15 is 0 Å². The zero-order valence-corrected chi connectivity index (χ0v) is 28.6. The Labute approximate surface area is 276 Å². The van der Waals surface area contributed by atoms with Gasteiger partial charge in [0.25, 0.3) is 0 Å². The van der Waals surface area contributed by atoms with Crippen molar-refractivity contribution in [1.82, 2.24) is 4.98 Å². The largest absolute Gasteiger partial charge is 0.462 e. The number of nitrogens with zero attached hydrogens (tertiary/aromatic N) is 1. The Hall–Kier alpha value is -2.43. The van der Waals surface area contributed by atoms with E-state index in [1.807, 2.05) is 6.92 Å². The molecule has 4 aliphatic rings. The molecule has 1 aromatic carbocycles. The summed E-state index contributed by atoms with van der Waals surface area (Å²) in [6, 6.07) is 8.42. The molecule has 2 heterocycles. The Morgan fingerprint density at radius 2 is 1.93 bits per heavy atom. The fraction of sp³-hybridized carbons (Fsp3) is 0.649. The number of esters is 1. The van der Waals surface area contributed by atoms with E-state index in [1.54, 1.807) is 25.6 Å². The summed E-state index contributed by atoms with van der Waals surface area (Å²) in [5.74, 6) is -0.100. The number of benzene rings is 1. The first-order valence-electron chi connectivity index (χ1n) is 17.1. The number of Topliss-reactive ketones (excluding diaryl/α,β-unsaturated/α-hetero) is 1. The molecule has 0 radical (unpaired) electrons. The van der Waals surface area contributed by atoms with Gasteiger partial charge in [-0.05, 0) is 68.9 Å². The van der Waals surface area contributed by atoms with Gasteiger partial charge in [0.2, 0.25) is 0 Å². The summed E-state index contributed by atoms with van der Waals surface area (Å²) < 4.78 is 23.0. The molecule has 1 aliphatic heterocycles. The van der Waals surface area contributed by atoms with E-state index in [0.717, 1.165) is 66.8 Å². The Bertz CT molecular complexity index is 1440. The van der Waals surface area contributed by atoms with Crippen molar-refractivity contribution in [2.75, 3.05) is 20.8 Å². The van der Waals surface area contributed by atoms with Gasteiger partial charge in [-0.1, -0.05) is 50.1 Å². The summed E-state index contributed by atoms with van der Waals surface area (Å²) in [5, 5.41) is 11.9. The van der Waals surface area contributed by atoms with Gasteiger partial charge < -0.3 is 24.1 Å². The minimum Gasteiger partial charge on any atom is -0.462 e. The van der Waals surface area contributed by atoms with Crippen molar-refractivity contribution < 1.29 is 33.6 Å². The lowest BCUT2D eigenvalue weighted by Crippen LogP contribution is -2.36. The number of aliphatic hydroxyl groups is 1. The molecule has 46 heavy (non-hydrogen) atoms. The van der Waals surface area contributed by atoms with Crippen molar-refractivity contribution >= 4 is 23.1 Å². The number of hydrogen-bond donors (Lipinski definition) is 1. The van der Waals surface area contributed by atoms with Crippen LogP contribution in [0.4, 0.5) is 0 Å². The number of ketones is 1. The first-order chi connectivity index (χ1) is 22.2. The van der Waals surface area contributed by atoms with Crippen LogP contribution in [0.25, 0.3) is 10.6 Å². The lowest BCUT2D eigenvalue weighted by molar-refractivity contribution is -0.204. The number of carbonyl (C=O) groups excluding carboxylic acids is 2. The highest BCUT2D eigenvalue weighted by Gasteiger charge is 2.56. The van der Waals surface area contributed by atoms with E-state index in [4.69, 9.17) is 23.9 Å². The number of allylic oxidation sites excluding steroid dienone is 2. The highest BCUT2D eigenvalue weighted by Crippen LogP contribution is 2.62. The van der Waals surface area contributed by atoms with Crippen LogP contribution in [0.3, 0.4) is 0 Å². The number of rotatable bonds is 8. The van der Waals surface area contributed by atoms with Crippen molar-refractivity contribution in [3.8, 4) is 10.6 Å². The number of aryl methyl sites for hydroxylation is 1. The minimum atomic E-state index is -1.12. The summed E-state index contributed by atoms with van der Waals surface area (Å²) in [6.45, 7) is 6.43. The van der Waals surface area contributed by atoms with Gasteiger partial charge in [-0.2, -0.15) is 0 Å². The van der Waals surface area contributed by atoms with Crippen LogP contribution in [0.5, 0.6) is 0 Å². The summed E-state index contributed by atoms with van der Waals surface area (Å²) in [4.78, 5) is 34.2. The molecule has 1 saturated carbocycles. The maximum atomic E-state index is 14.1. The average Bonchev–Trinajstić information content (AvgIpc) is 3.75. The molecule has 1 aromatic heterocycles. The van der Waals surface area contributed by atoms with Crippen LogP contribution in [0.1, 0.15) is 93.2 Å². The van der Waals surface area contributed by atoms with Crippen LogP contribution < -0.4 is 0 Å². The fourth-order valence-corrected chi connectivity index (χ4v) is 9.79. The molecule has 3 aliphatic carbocycles. The van der Waals surface area contributed by atoms with E-state index < -0.39 is 12.4 Å². The molecule has 8 nitrogen and oxygen atoms in total. The molecule has 9 heteroatoms. The Balaban J connectivity index is 1.40. The van der Waals surface area contributed by atoms with Crippen molar-refractivity contribution in [2.24, 2.45) is 23.7 Å². The molecule has 6 rings (SSSR count). The number of aromatic nitrogens is 1. The van der Waals surface area contributed by atoms with Gasteiger partial charge in [-0.15, -0.1) is 11.3 Å². The first-order valence-corrected chi connectivity index (χ1v) is 17.9. The highest BCUT2D eigenvalue weighted by atomic mass is 32.1. The monoisotopic (exact) mass is 651 g/mol. The van der Waals surface area contributed by atoms with E-state index in [-0.39, 0.29) is 72.5 Å². The number of aliphatic hydroxyl groups excluding tert-OH is 1. The molecule has 3 unspecified atom stereocenters. The lowest BCUT2D eigenvalue weighted by atomic mass is 9.67. The van der Waals surface area contributed by atoms with Crippen molar-refractivity contribution in [3.05, 3.63) is 52.0 Å². The van der Waals surface area contributed by atoms with E-state index in [0.29, 0.717) is 0 Å². The molecule has 2 aromatic rings. The van der Waals surface area contributed by atoms with Crippen molar-refractivity contribution in [2.45, 2.75) is 109 Å². The van der Waals surface area contributed by atoms with Gasteiger partial charge >= 0.3 is 5.97 Å². The van der Waals surface area contributed by atoms with Crippen LogP contribution in [-0.4, -0.2) is 67.3 Å². The summed E-state index contributed by atoms with van der Waals surface area (Å²) >= 11 is 1.73. The standard InChI is InChI=1S/C37H49NO7S/c1-6-23-13-8-7-11-21(3)34(40)28-17-26-25-15-24(45-37(41)30(43-5)19-42-4)16-29(25)35-33(32(26)27(28)18-31(39)44-23)38-36(46-35)22-12-9-10-20(2)14-22/h9-10,12,14,17,21,23-27,29-30,32,37,41H,6-8,11,13,15-16,18-19H2,1-5H3/t21-,23+,24+,25+,26?,27-,29?,30+,32-,37?/m1/s1. The third-order valence-corrected chi connectivity index (χ3v) is 12.1. The molecule has 0 amide bonds. The highest BCUT2D eigenvalue weighted by molar-refractivity contribution is 7.15. The molecule has 10 atom stereocenters. The topological polar surface area (TPSA) is 104 Å². The Morgan fingerprint density at radius 3 is 2.67 bits per heavy atom. The SMILES string of the molecule is CC[C@H]1CCCC[C@@H](C)C(=O)C2=CC3[C@@H]4C[C@H](OC(O)[C@H](COC)OC)CC4c4sc(-c5cccc(C)c5)nc4[C@H]3[C@@H]2CC(=O)O1. The molecule has 1 N–H and O–H groups in total. The van der Waals surface area contributed by atoms with Gasteiger partial charge in [0.05, 0.1) is 24.8 Å². The molecule has 2 fully saturated rings. The van der Waals surface area contributed by atoms with Crippen molar-refractivity contribution in [1.29, 1.82) is 0 Å². The van der Waals surface area contributed by atoms with Crippen LogP contribution in [-0.2, 0) is 28.5 Å². The van der Waals surface area contributed by atoms with Gasteiger partial charge in [-0.25, -0.2) is 4.98 Å². The predicted molar refractivity (Wildman–Crippen MR) is 177 cm³/mol. The van der Waals surface area contributed by atoms with Gasteiger partial charge in [0.15, 0.2) is 12.1 Å². The molecule has 0 spiro atoms. The van der Waals surface area contributed by atoms with Crippen LogP contribution >= 0.6 is 11.3 Å². The molecule has 0 bridgehead atoms. The second kappa shape index (κ2) is 14.4. The van der Waals surface area contributed by atoms with Gasteiger partial charge in [-0.3, -0.25) is 9.59 Å². The van der Waals surface area contributed by atoms with E-state index in [1.165, 1.54) is 10.4 Å². The summed E-state index contributed by atoms with van der Waals surface area (Å²) in [6.07, 6.45) is 6.26. The van der Waals surface area contributed by atoms with Crippen LogP contribution in [0, 0.1) is 30.6 Å². The van der Waals surface area contributed by atoms with Gasteiger partial charge in [0.1, 0.15) is 17.2 Å². The average molecular weight is 652 g/mol. The maximum Gasteiger partial charge on any atom is 0.306 e. The number of fused-ring (bicyclic) bond motifs is 8. The van der Waals surface area contributed by atoms with Crippen LogP contribution in [0.2, 0.25) is 0 Å².